The third-order valence-electron chi connectivity index (χ3n) is 5.87. The quantitative estimate of drug-likeness (QED) is 0.589. The van der Waals surface area contributed by atoms with Crippen LogP contribution in [0.15, 0.2) is 30.7 Å². The number of benzene rings is 1. The van der Waals surface area contributed by atoms with Gasteiger partial charge >= 0.3 is 0 Å². The number of nitrogens with zero attached hydrogens (tertiary/aromatic N) is 6. The van der Waals surface area contributed by atoms with E-state index in [4.69, 9.17) is 5.11 Å². The molecule has 0 radical (unpaired) electrons. The van der Waals surface area contributed by atoms with Gasteiger partial charge in [-0.3, -0.25) is 10.00 Å². The van der Waals surface area contributed by atoms with Crippen molar-refractivity contribution in [2.24, 2.45) is 0 Å². The van der Waals surface area contributed by atoms with Crippen LogP contribution in [0.3, 0.4) is 0 Å². The van der Waals surface area contributed by atoms with Crippen molar-refractivity contribution in [2.75, 3.05) is 51.3 Å². The Hall–Kier alpha value is -3.17. The lowest BCUT2D eigenvalue weighted by Crippen LogP contribution is -2.47. The lowest BCUT2D eigenvalue weighted by Gasteiger charge is -2.35. The lowest BCUT2D eigenvalue weighted by atomic mass is 10.0. The maximum absolute atomic E-state index is 14.6. The summed E-state index contributed by atoms with van der Waals surface area (Å²) in [6.45, 7) is 4.76. The van der Waals surface area contributed by atoms with Crippen LogP contribution in [0.25, 0.3) is 27.9 Å². The fourth-order valence-electron chi connectivity index (χ4n) is 4.17. The van der Waals surface area contributed by atoms with Crippen molar-refractivity contribution in [3.63, 3.8) is 0 Å². The molecule has 1 aromatic carbocycles. The summed E-state index contributed by atoms with van der Waals surface area (Å²) in [7, 11) is 1.91. The molecule has 160 valence electrons. The standard InChI is InChI=1S/C22H25FN7O/c1-28-12-15(13-28)16-9-17-19(10-18(16)23)26-27-22(17)20-11-21(25-14-24-20)30-6-4-29(5-7-30)3-2-8-31/h9-14,31H,2-8H2,1H3,(H,26,27)/q+1. The maximum Gasteiger partial charge on any atom is 0.182 e. The molecule has 9 heteroatoms. The number of H-pyrrole nitrogens is 1. The van der Waals surface area contributed by atoms with Gasteiger partial charge in [-0.2, -0.15) is 5.10 Å². The summed E-state index contributed by atoms with van der Waals surface area (Å²) in [6, 6.07) is 5.27. The lowest BCUT2D eigenvalue weighted by molar-refractivity contribution is -0.423. The largest absolute Gasteiger partial charge is 0.396 e. The van der Waals surface area contributed by atoms with Crippen LogP contribution in [0, 0.1) is 5.82 Å². The topological polar surface area (TPSA) is 84.2 Å². The highest BCUT2D eigenvalue weighted by molar-refractivity contribution is 6.11. The third kappa shape index (κ3) is 3.82. The number of anilines is 1. The molecule has 2 N–H and O–H groups in total. The highest BCUT2D eigenvalue weighted by Crippen LogP contribution is 2.31. The third-order valence-corrected chi connectivity index (χ3v) is 5.87. The molecule has 2 aromatic heterocycles. The Morgan fingerprint density at radius 2 is 1.97 bits per heavy atom. The van der Waals surface area contributed by atoms with E-state index in [0.717, 1.165) is 55.9 Å². The van der Waals surface area contributed by atoms with E-state index in [-0.39, 0.29) is 12.4 Å². The normalized spacial score (nSPS) is 16.9. The van der Waals surface area contributed by atoms with E-state index in [1.807, 2.05) is 36.2 Å². The summed E-state index contributed by atoms with van der Waals surface area (Å²) < 4.78 is 16.5. The minimum Gasteiger partial charge on any atom is -0.396 e. The number of halogens is 1. The number of fused-ring (bicyclic) bond motifs is 1. The van der Waals surface area contributed by atoms with Gasteiger partial charge in [0.15, 0.2) is 12.4 Å². The van der Waals surface area contributed by atoms with Crippen molar-refractivity contribution in [1.82, 2.24) is 25.1 Å². The monoisotopic (exact) mass is 422 g/mol. The summed E-state index contributed by atoms with van der Waals surface area (Å²) in [6.07, 6.45) is 6.16. The van der Waals surface area contributed by atoms with Gasteiger partial charge in [0, 0.05) is 62.4 Å². The number of aromatic amines is 1. The van der Waals surface area contributed by atoms with E-state index in [9.17, 15) is 4.39 Å². The van der Waals surface area contributed by atoms with E-state index in [0.29, 0.717) is 22.5 Å². The van der Waals surface area contributed by atoms with Crippen molar-refractivity contribution in [1.29, 1.82) is 0 Å². The zero-order chi connectivity index (χ0) is 21.4. The summed E-state index contributed by atoms with van der Waals surface area (Å²) in [4.78, 5) is 13.5. The Labute approximate surface area is 179 Å². The van der Waals surface area contributed by atoms with Crippen molar-refractivity contribution < 1.29 is 14.1 Å². The molecule has 5 rings (SSSR count). The molecule has 0 aliphatic carbocycles. The molecule has 0 unspecified atom stereocenters. The Bertz CT molecular complexity index is 1180. The molecule has 1 fully saturated rings. The zero-order valence-corrected chi connectivity index (χ0v) is 17.4. The molecule has 31 heavy (non-hydrogen) atoms. The van der Waals surface area contributed by atoms with Gasteiger partial charge in [0.25, 0.3) is 0 Å². The second-order valence-corrected chi connectivity index (χ2v) is 8.00. The fourth-order valence-corrected chi connectivity index (χ4v) is 4.17. The highest BCUT2D eigenvalue weighted by Gasteiger charge is 2.22. The van der Waals surface area contributed by atoms with Crippen LogP contribution in [0.4, 0.5) is 10.2 Å². The van der Waals surface area contributed by atoms with Gasteiger partial charge < -0.3 is 10.0 Å². The minimum atomic E-state index is -0.277. The molecule has 0 spiro atoms. The first-order chi connectivity index (χ1) is 15.1. The number of aliphatic hydroxyl groups is 1. The van der Waals surface area contributed by atoms with Crippen molar-refractivity contribution in [3.8, 4) is 11.4 Å². The van der Waals surface area contributed by atoms with Crippen LogP contribution in [0.1, 0.15) is 12.0 Å². The zero-order valence-electron chi connectivity index (χ0n) is 17.4. The van der Waals surface area contributed by atoms with Crippen molar-refractivity contribution in [3.05, 3.63) is 42.1 Å². The van der Waals surface area contributed by atoms with Crippen LogP contribution >= 0.6 is 0 Å². The number of hydrogen-bond donors (Lipinski definition) is 2. The van der Waals surface area contributed by atoms with Gasteiger partial charge in [-0.15, -0.1) is 0 Å². The number of hydrogen-bond acceptors (Lipinski definition) is 6. The number of piperazine rings is 1. The molecule has 0 amide bonds. The Balaban J connectivity index is 1.41. The summed E-state index contributed by atoms with van der Waals surface area (Å²) in [5.41, 5.74) is 3.45. The second-order valence-electron chi connectivity index (χ2n) is 8.00. The predicted molar refractivity (Wildman–Crippen MR) is 118 cm³/mol. The maximum atomic E-state index is 14.6. The van der Waals surface area contributed by atoms with E-state index >= 15 is 0 Å². The van der Waals surface area contributed by atoms with Crippen LogP contribution in [0.2, 0.25) is 0 Å². The summed E-state index contributed by atoms with van der Waals surface area (Å²) >= 11 is 0. The molecular weight excluding hydrogens is 397 g/mol. The summed E-state index contributed by atoms with van der Waals surface area (Å²) in [5.74, 6) is 0.586. The molecule has 3 aromatic rings. The first-order valence-corrected chi connectivity index (χ1v) is 10.5. The van der Waals surface area contributed by atoms with Gasteiger partial charge in [0.1, 0.15) is 36.3 Å². The number of rotatable bonds is 6. The van der Waals surface area contributed by atoms with E-state index in [1.165, 1.54) is 6.07 Å². The average Bonchev–Trinajstić information content (AvgIpc) is 3.18. The Morgan fingerprint density at radius 1 is 1.16 bits per heavy atom. The van der Waals surface area contributed by atoms with Crippen LogP contribution in [-0.4, -0.2) is 87.3 Å². The first-order valence-electron chi connectivity index (χ1n) is 10.5. The SMILES string of the molecule is C[N+]1=CC(c2cc3c(-c4cc(N5CCN(CCCO)CC5)ncn4)n[nH]c3cc2F)=C1. The molecule has 0 atom stereocenters. The molecule has 8 nitrogen and oxygen atoms in total. The number of aliphatic hydroxyl groups excluding tert-OH is 1. The molecule has 4 heterocycles. The van der Waals surface area contributed by atoms with Gasteiger partial charge in [0.2, 0.25) is 0 Å². The molecular formula is C22H25FN7O+. The van der Waals surface area contributed by atoms with E-state index in [1.54, 1.807) is 6.33 Å². The fraction of sp³-hybridized carbons (Fsp3) is 0.364. The second kappa shape index (κ2) is 8.16. The molecule has 1 saturated heterocycles. The smallest absolute Gasteiger partial charge is 0.182 e. The molecule has 0 bridgehead atoms. The number of aromatic nitrogens is 4. The van der Waals surface area contributed by atoms with Gasteiger partial charge in [-0.1, -0.05) is 0 Å². The predicted octanol–water partition coefficient (Wildman–Crippen LogP) is 1.73. The molecule has 2 aliphatic heterocycles. The van der Waals surface area contributed by atoms with Gasteiger partial charge in [0.05, 0.1) is 11.2 Å². The summed E-state index contributed by atoms with van der Waals surface area (Å²) in [5, 5.41) is 17.2. The van der Waals surface area contributed by atoms with Crippen LogP contribution in [0.5, 0.6) is 0 Å². The van der Waals surface area contributed by atoms with E-state index in [2.05, 4.69) is 30.0 Å². The van der Waals surface area contributed by atoms with Crippen molar-refractivity contribution in [2.45, 2.75) is 6.42 Å². The minimum absolute atomic E-state index is 0.227. The van der Waals surface area contributed by atoms with Crippen LogP contribution < -0.4 is 4.90 Å². The van der Waals surface area contributed by atoms with Gasteiger partial charge in [-0.05, 0) is 12.5 Å². The Kier molecular flexibility index (Phi) is 5.21. The molecule has 0 saturated carbocycles. The Morgan fingerprint density at radius 3 is 2.71 bits per heavy atom. The van der Waals surface area contributed by atoms with E-state index < -0.39 is 0 Å². The van der Waals surface area contributed by atoms with Gasteiger partial charge in [-0.25, -0.2) is 18.9 Å². The molecule has 2 aliphatic rings. The number of allylic oxidation sites excluding steroid dienone is 1. The first kappa shape index (κ1) is 19.8. The van der Waals surface area contributed by atoms with Crippen molar-refractivity contribution >= 4 is 28.5 Å². The number of nitrogens with one attached hydrogen (secondary N) is 1. The van der Waals surface area contributed by atoms with Crippen LogP contribution in [-0.2, 0) is 0 Å². The highest BCUT2D eigenvalue weighted by atomic mass is 19.1. The average molecular weight is 422 g/mol.